The molecule has 0 bridgehead atoms. The van der Waals surface area contributed by atoms with Gasteiger partial charge in [-0.15, -0.1) is 24.0 Å². The molecule has 9 heteroatoms. The molecular formula is C17H27IN6O2. The van der Waals surface area contributed by atoms with E-state index in [1.165, 1.54) is 0 Å². The van der Waals surface area contributed by atoms with E-state index in [0.717, 1.165) is 23.8 Å². The molecule has 26 heavy (non-hydrogen) atoms. The minimum Gasteiger partial charge on any atom is -0.497 e. The minimum absolute atomic E-state index is 0. The van der Waals surface area contributed by atoms with Crippen LogP contribution in [0.5, 0.6) is 5.75 Å². The molecule has 0 aliphatic rings. The van der Waals surface area contributed by atoms with E-state index < -0.39 is 0 Å². The topological polar surface area (TPSA) is 96.5 Å². The number of aromatic amines is 1. The quantitative estimate of drug-likeness (QED) is 0.223. The van der Waals surface area contributed by atoms with Gasteiger partial charge >= 0.3 is 0 Å². The summed E-state index contributed by atoms with van der Waals surface area (Å²) >= 11 is 0. The van der Waals surface area contributed by atoms with Crippen molar-refractivity contribution >= 4 is 29.9 Å². The highest BCUT2D eigenvalue weighted by atomic mass is 127. The standard InChI is InChI=1S/C17H26N6O2.HI/c1-4-18-17(19-10-11-25-5-2)20-12-15-21-16(23-22-15)13-6-8-14(24-3)9-7-13;/h6-9H,4-5,10-12H2,1-3H3,(H2,18,19,20)(H,21,22,23);1H. The Hall–Kier alpha value is -1.88. The maximum absolute atomic E-state index is 5.31. The van der Waals surface area contributed by atoms with Crippen LogP contribution < -0.4 is 15.4 Å². The second kappa shape index (κ2) is 12.5. The van der Waals surface area contributed by atoms with Gasteiger partial charge in [0.25, 0.3) is 0 Å². The normalized spacial score (nSPS) is 11.0. The van der Waals surface area contributed by atoms with Gasteiger partial charge in [0, 0.05) is 25.3 Å². The number of H-pyrrole nitrogens is 1. The molecule has 0 fully saturated rings. The Morgan fingerprint density at radius 2 is 1.96 bits per heavy atom. The summed E-state index contributed by atoms with van der Waals surface area (Å²) < 4.78 is 10.5. The summed E-state index contributed by atoms with van der Waals surface area (Å²) in [6, 6.07) is 7.62. The average Bonchev–Trinajstić information content (AvgIpc) is 3.12. The molecule has 0 aliphatic heterocycles. The van der Waals surface area contributed by atoms with Gasteiger partial charge in [0.1, 0.15) is 18.1 Å². The molecule has 0 saturated heterocycles. The van der Waals surface area contributed by atoms with Crippen LogP contribution in [0.15, 0.2) is 29.3 Å². The van der Waals surface area contributed by atoms with Crippen LogP contribution in [0.2, 0.25) is 0 Å². The molecule has 1 aromatic heterocycles. The molecule has 2 aromatic rings. The molecule has 0 atom stereocenters. The number of benzene rings is 1. The van der Waals surface area contributed by atoms with E-state index in [-0.39, 0.29) is 24.0 Å². The van der Waals surface area contributed by atoms with Crippen molar-refractivity contribution in [1.82, 2.24) is 25.8 Å². The number of halogens is 1. The number of aromatic nitrogens is 3. The fraction of sp³-hybridized carbons (Fsp3) is 0.471. The highest BCUT2D eigenvalue weighted by Crippen LogP contribution is 2.18. The summed E-state index contributed by atoms with van der Waals surface area (Å²) in [5, 5.41) is 13.6. The lowest BCUT2D eigenvalue weighted by molar-refractivity contribution is 0.152. The zero-order valence-corrected chi connectivity index (χ0v) is 17.7. The van der Waals surface area contributed by atoms with Crippen LogP contribution in [-0.4, -0.2) is 54.6 Å². The molecule has 3 N–H and O–H groups in total. The predicted molar refractivity (Wildman–Crippen MR) is 113 cm³/mol. The van der Waals surface area contributed by atoms with E-state index in [1.807, 2.05) is 38.1 Å². The Balaban J connectivity index is 0.00000338. The highest BCUT2D eigenvalue weighted by Gasteiger charge is 2.06. The molecule has 0 amide bonds. The van der Waals surface area contributed by atoms with Crippen molar-refractivity contribution in [2.24, 2.45) is 4.99 Å². The number of ether oxygens (including phenoxy) is 2. The van der Waals surface area contributed by atoms with E-state index in [1.54, 1.807) is 7.11 Å². The van der Waals surface area contributed by atoms with Crippen molar-refractivity contribution < 1.29 is 9.47 Å². The molecule has 8 nitrogen and oxygen atoms in total. The summed E-state index contributed by atoms with van der Waals surface area (Å²) in [6.07, 6.45) is 0. The van der Waals surface area contributed by atoms with Crippen LogP contribution in [0.25, 0.3) is 11.4 Å². The van der Waals surface area contributed by atoms with Crippen molar-refractivity contribution in [3.63, 3.8) is 0 Å². The van der Waals surface area contributed by atoms with E-state index in [2.05, 4.69) is 30.8 Å². The number of rotatable bonds is 9. The van der Waals surface area contributed by atoms with Crippen LogP contribution >= 0.6 is 24.0 Å². The number of hydrogen-bond acceptors (Lipinski definition) is 5. The third-order valence-electron chi connectivity index (χ3n) is 3.35. The maximum Gasteiger partial charge on any atom is 0.191 e. The first-order valence-corrected chi connectivity index (χ1v) is 8.42. The van der Waals surface area contributed by atoms with Crippen molar-refractivity contribution in [2.75, 3.05) is 33.4 Å². The summed E-state index contributed by atoms with van der Waals surface area (Å²) in [5.41, 5.74) is 0.925. The van der Waals surface area contributed by atoms with Gasteiger partial charge in [-0.2, -0.15) is 5.10 Å². The highest BCUT2D eigenvalue weighted by molar-refractivity contribution is 14.0. The van der Waals surface area contributed by atoms with Gasteiger partial charge in [0.05, 0.1) is 13.7 Å². The monoisotopic (exact) mass is 474 g/mol. The van der Waals surface area contributed by atoms with Crippen LogP contribution in [0.1, 0.15) is 19.7 Å². The predicted octanol–water partition coefficient (Wildman–Crippen LogP) is 2.19. The summed E-state index contributed by atoms with van der Waals surface area (Å²) in [5.74, 6) is 2.87. The van der Waals surface area contributed by atoms with Crippen LogP contribution in [0.3, 0.4) is 0 Å². The van der Waals surface area contributed by atoms with Gasteiger partial charge < -0.3 is 20.1 Å². The molecular weight excluding hydrogens is 447 g/mol. The number of nitrogens with one attached hydrogen (secondary N) is 3. The molecule has 1 aromatic carbocycles. The number of aliphatic imine (C=N–C) groups is 1. The summed E-state index contributed by atoms with van der Waals surface area (Å²) in [6.45, 7) is 7.25. The number of hydrogen-bond donors (Lipinski definition) is 3. The van der Waals surface area contributed by atoms with Crippen molar-refractivity contribution in [2.45, 2.75) is 20.4 Å². The fourth-order valence-corrected chi connectivity index (χ4v) is 2.12. The Morgan fingerprint density at radius 3 is 2.62 bits per heavy atom. The summed E-state index contributed by atoms with van der Waals surface area (Å²) in [4.78, 5) is 8.98. The average molecular weight is 474 g/mol. The smallest absolute Gasteiger partial charge is 0.191 e. The Labute approximate surface area is 171 Å². The maximum atomic E-state index is 5.31. The number of nitrogens with zero attached hydrogens (tertiary/aromatic N) is 3. The fourth-order valence-electron chi connectivity index (χ4n) is 2.12. The molecule has 0 saturated carbocycles. The summed E-state index contributed by atoms with van der Waals surface area (Å²) in [7, 11) is 1.64. The van der Waals surface area contributed by atoms with Gasteiger partial charge in [0.15, 0.2) is 11.8 Å². The lowest BCUT2D eigenvalue weighted by Gasteiger charge is -2.10. The molecule has 144 valence electrons. The van der Waals surface area contributed by atoms with Crippen molar-refractivity contribution in [1.29, 1.82) is 0 Å². The number of methoxy groups -OCH3 is 1. The molecule has 0 unspecified atom stereocenters. The zero-order chi connectivity index (χ0) is 17.9. The Morgan fingerprint density at radius 1 is 1.19 bits per heavy atom. The van der Waals surface area contributed by atoms with E-state index in [9.17, 15) is 0 Å². The second-order valence-electron chi connectivity index (χ2n) is 5.15. The Kier molecular flexibility index (Phi) is 10.6. The molecule has 0 spiro atoms. The van der Waals surface area contributed by atoms with Gasteiger partial charge in [-0.25, -0.2) is 9.98 Å². The lowest BCUT2D eigenvalue weighted by atomic mass is 10.2. The van der Waals surface area contributed by atoms with Gasteiger partial charge in [0.2, 0.25) is 0 Å². The largest absolute Gasteiger partial charge is 0.497 e. The van der Waals surface area contributed by atoms with E-state index >= 15 is 0 Å². The Bertz CT molecular complexity index is 660. The van der Waals surface area contributed by atoms with Crippen LogP contribution in [-0.2, 0) is 11.3 Å². The molecule has 0 aliphatic carbocycles. The van der Waals surface area contributed by atoms with Crippen molar-refractivity contribution in [3.8, 4) is 17.1 Å². The number of guanidine groups is 1. The van der Waals surface area contributed by atoms with Gasteiger partial charge in [-0.1, -0.05) is 0 Å². The van der Waals surface area contributed by atoms with Crippen LogP contribution in [0, 0.1) is 0 Å². The van der Waals surface area contributed by atoms with Crippen LogP contribution in [0.4, 0.5) is 0 Å². The third-order valence-corrected chi connectivity index (χ3v) is 3.35. The molecule has 2 rings (SSSR count). The minimum atomic E-state index is 0. The second-order valence-corrected chi connectivity index (χ2v) is 5.15. The molecule has 0 radical (unpaired) electrons. The lowest BCUT2D eigenvalue weighted by Crippen LogP contribution is -2.39. The van der Waals surface area contributed by atoms with Gasteiger partial charge in [-0.3, -0.25) is 5.10 Å². The first-order valence-electron chi connectivity index (χ1n) is 8.42. The van der Waals surface area contributed by atoms with Gasteiger partial charge in [-0.05, 0) is 38.1 Å². The molecule has 1 heterocycles. The first-order chi connectivity index (χ1) is 12.3. The third kappa shape index (κ3) is 7.16. The zero-order valence-electron chi connectivity index (χ0n) is 15.4. The van der Waals surface area contributed by atoms with Crippen molar-refractivity contribution in [3.05, 3.63) is 30.1 Å². The van der Waals surface area contributed by atoms with E-state index in [4.69, 9.17) is 9.47 Å². The first kappa shape index (κ1) is 22.2. The SMILES string of the molecule is CCNC(=NCc1nc(-c2ccc(OC)cc2)n[nH]1)NCCOCC.I. The van der Waals surface area contributed by atoms with E-state index in [0.29, 0.717) is 38.0 Å².